The Hall–Kier alpha value is -2.30. The average molecular weight is 367 g/mol. The van der Waals surface area contributed by atoms with Crippen molar-refractivity contribution < 1.29 is 13.2 Å². The second kappa shape index (κ2) is 6.90. The molecule has 0 saturated carbocycles. The summed E-state index contributed by atoms with van der Waals surface area (Å²) >= 11 is 0. The normalized spacial score (nSPS) is 15.0. The summed E-state index contributed by atoms with van der Waals surface area (Å²) in [5, 5.41) is 16.3. The molecular weight excluding hydrogens is 346 g/mol. The Morgan fingerprint density at radius 3 is 2.76 bits per heavy atom. The zero-order valence-electron chi connectivity index (χ0n) is 14.3. The Kier molecular flexibility index (Phi) is 4.84. The maximum atomic E-state index is 12.4. The van der Waals surface area contributed by atoms with Gasteiger partial charge in [0.25, 0.3) is 0 Å². The van der Waals surface area contributed by atoms with Crippen LogP contribution in [0.4, 0.5) is 0 Å². The van der Waals surface area contributed by atoms with Crippen LogP contribution >= 0.6 is 0 Å². The van der Waals surface area contributed by atoms with E-state index in [0.29, 0.717) is 26.2 Å². The van der Waals surface area contributed by atoms with Gasteiger partial charge in [-0.05, 0) is 13.3 Å². The van der Waals surface area contributed by atoms with Crippen molar-refractivity contribution in [3.63, 3.8) is 0 Å². The molecule has 0 aromatic carbocycles. The number of carbonyl (C=O) groups is 1. The van der Waals surface area contributed by atoms with E-state index in [0.717, 1.165) is 29.8 Å². The van der Waals surface area contributed by atoms with E-state index < -0.39 is 9.84 Å². The number of hydrogen-bond donors (Lipinski definition) is 0. The van der Waals surface area contributed by atoms with Crippen molar-refractivity contribution in [1.82, 2.24) is 34.9 Å². The molecule has 25 heavy (non-hydrogen) atoms. The summed E-state index contributed by atoms with van der Waals surface area (Å²) in [6.07, 6.45) is 3.56. The number of amides is 1. The van der Waals surface area contributed by atoms with Crippen molar-refractivity contribution in [1.29, 1.82) is 0 Å². The first kappa shape index (κ1) is 17.5. The third-order valence-corrected chi connectivity index (χ3v) is 5.15. The van der Waals surface area contributed by atoms with Crippen molar-refractivity contribution in [2.75, 3.05) is 18.6 Å². The van der Waals surface area contributed by atoms with Crippen molar-refractivity contribution >= 4 is 15.7 Å². The Morgan fingerprint density at radius 2 is 2.08 bits per heavy atom. The molecule has 0 spiro atoms. The van der Waals surface area contributed by atoms with E-state index in [-0.39, 0.29) is 18.1 Å². The van der Waals surface area contributed by atoms with Crippen molar-refractivity contribution in [2.45, 2.75) is 39.4 Å². The van der Waals surface area contributed by atoms with Gasteiger partial charge in [0.1, 0.15) is 15.5 Å². The average Bonchev–Trinajstić information content (AvgIpc) is 3.04. The van der Waals surface area contributed by atoms with Crippen LogP contribution in [0.5, 0.6) is 0 Å². The van der Waals surface area contributed by atoms with Gasteiger partial charge in [-0.25, -0.2) is 17.8 Å². The van der Waals surface area contributed by atoms with Crippen LogP contribution < -0.4 is 0 Å². The lowest BCUT2D eigenvalue weighted by Gasteiger charge is -2.20. The SMILES string of the molecule is Cc1cnnn1Cc1nnn2c1CN(C(=O)CCS(C)(=O)=O)CCC2. The van der Waals surface area contributed by atoms with Crippen LogP contribution in [0.2, 0.25) is 0 Å². The van der Waals surface area contributed by atoms with Crippen molar-refractivity contribution in [2.24, 2.45) is 0 Å². The molecule has 0 unspecified atom stereocenters. The van der Waals surface area contributed by atoms with Gasteiger partial charge in [-0.3, -0.25) is 4.79 Å². The van der Waals surface area contributed by atoms with E-state index in [2.05, 4.69) is 20.6 Å². The molecule has 3 rings (SSSR count). The molecule has 0 bridgehead atoms. The molecule has 0 atom stereocenters. The van der Waals surface area contributed by atoms with Gasteiger partial charge in [-0.15, -0.1) is 10.2 Å². The van der Waals surface area contributed by atoms with Gasteiger partial charge in [0.05, 0.1) is 36.4 Å². The summed E-state index contributed by atoms with van der Waals surface area (Å²) < 4.78 is 26.1. The Balaban J connectivity index is 1.76. The van der Waals surface area contributed by atoms with Gasteiger partial charge < -0.3 is 4.90 Å². The van der Waals surface area contributed by atoms with Crippen LogP contribution in [0.15, 0.2) is 6.20 Å². The number of hydrogen-bond acceptors (Lipinski definition) is 7. The maximum absolute atomic E-state index is 12.4. The number of aromatic nitrogens is 6. The lowest BCUT2D eigenvalue weighted by molar-refractivity contribution is -0.131. The van der Waals surface area contributed by atoms with E-state index >= 15 is 0 Å². The molecular formula is C14H21N7O3S. The van der Waals surface area contributed by atoms with Crippen LogP contribution in [0.3, 0.4) is 0 Å². The van der Waals surface area contributed by atoms with Crippen LogP contribution in [0, 0.1) is 6.92 Å². The summed E-state index contributed by atoms with van der Waals surface area (Å²) in [5.74, 6) is -0.298. The third kappa shape index (κ3) is 4.21. The van der Waals surface area contributed by atoms with E-state index in [1.807, 2.05) is 11.6 Å². The highest BCUT2D eigenvalue weighted by Crippen LogP contribution is 2.17. The van der Waals surface area contributed by atoms with Crippen LogP contribution in [0.25, 0.3) is 0 Å². The number of fused-ring (bicyclic) bond motifs is 1. The summed E-state index contributed by atoms with van der Waals surface area (Å²) in [4.78, 5) is 14.1. The fourth-order valence-electron chi connectivity index (χ4n) is 2.77. The van der Waals surface area contributed by atoms with Crippen LogP contribution in [-0.2, 0) is 34.3 Å². The lowest BCUT2D eigenvalue weighted by Crippen LogP contribution is -2.32. The summed E-state index contributed by atoms with van der Waals surface area (Å²) in [7, 11) is -3.16. The molecule has 1 aliphatic rings. The molecule has 2 aromatic rings. The zero-order valence-corrected chi connectivity index (χ0v) is 15.1. The predicted molar refractivity (Wildman–Crippen MR) is 88.2 cm³/mol. The highest BCUT2D eigenvalue weighted by molar-refractivity contribution is 7.90. The van der Waals surface area contributed by atoms with Gasteiger partial charge in [0.2, 0.25) is 5.91 Å². The third-order valence-electron chi connectivity index (χ3n) is 4.21. The fraction of sp³-hybridized carbons (Fsp3) is 0.643. The van der Waals surface area contributed by atoms with Gasteiger partial charge in [-0.1, -0.05) is 10.4 Å². The van der Waals surface area contributed by atoms with Gasteiger partial charge in [0.15, 0.2) is 0 Å². The molecule has 0 radical (unpaired) electrons. The van der Waals surface area contributed by atoms with Crippen molar-refractivity contribution in [3.05, 3.63) is 23.3 Å². The molecule has 2 aromatic heterocycles. The minimum atomic E-state index is -3.16. The molecule has 136 valence electrons. The number of nitrogens with zero attached hydrogens (tertiary/aromatic N) is 7. The summed E-state index contributed by atoms with van der Waals surface area (Å²) in [5.41, 5.74) is 2.52. The molecule has 0 N–H and O–H groups in total. The molecule has 1 aliphatic heterocycles. The molecule has 1 amide bonds. The van der Waals surface area contributed by atoms with E-state index in [4.69, 9.17) is 0 Å². The first-order valence-electron chi connectivity index (χ1n) is 8.05. The van der Waals surface area contributed by atoms with E-state index in [1.54, 1.807) is 15.8 Å². The summed E-state index contributed by atoms with van der Waals surface area (Å²) in [6.45, 7) is 3.97. The minimum Gasteiger partial charge on any atom is -0.337 e. The van der Waals surface area contributed by atoms with E-state index in [9.17, 15) is 13.2 Å². The monoisotopic (exact) mass is 367 g/mol. The molecule has 0 fully saturated rings. The van der Waals surface area contributed by atoms with Gasteiger partial charge in [0, 0.05) is 25.8 Å². The Labute approximate surface area is 145 Å². The maximum Gasteiger partial charge on any atom is 0.223 e. The quantitative estimate of drug-likeness (QED) is 0.692. The summed E-state index contributed by atoms with van der Waals surface area (Å²) in [6, 6.07) is 0. The predicted octanol–water partition coefficient (Wildman–Crippen LogP) is -0.607. The Bertz CT molecular complexity index is 871. The van der Waals surface area contributed by atoms with Crippen LogP contribution in [-0.4, -0.2) is 67.8 Å². The fourth-order valence-corrected chi connectivity index (χ4v) is 3.31. The van der Waals surface area contributed by atoms with Gasteiger partial charge in [-0.2, -0.15) is 0 Å². The zero-order chi connectivity index (χ0) is 18.0. The number of aryl methyl sites for hydroxylation is 2. The lowest BCUT2D eigenvalue weighted by atomic mass is 10.2. The highest BCUT2D eigenvalue weighted by Gasteiger charge is 2.24. The number of sulfone groups is 1. The second-order valence-electron chi connectivity index (χ2n) is 6.29. The Morgan fingerprint density at radius 1 is 1.28 bits per heavy atom. The minimum absolute atomic E-state index is 0.00207. The smallest absolute Gasteiger partial charge is 0.223 e. The standard InChI is InChI=1S/C14H21N7O3S/c1-11-8-15-17-21(11)9-12-13-10-19(5-3-6-20(13)18-16-12)14(22)4-7-25(2,23)24/h8H,3-7,9-10H2,1-2H3. The topological polar surface area (TPSA) is 116 Å². The van der Waals surface area contributed by atoms with Crippen molar-refractivity contribution in [3.8, 4) is 0 Å². The molecule has 0 saturated heterocycles. The second-order valence-corrected chi connectivity index (χ2v) is 8.55. The van der Waals surface area contributed by atoms with E-state index in [1.165, 1.54) is 0 Å². The molecule has 11 heteroatoms. The molecule has 10 nitrogen and oxygen atoms in total. The number of rotatable bonds is 5. The highest BCUT2D eigenvalue weighted by atomic mass is 32.2. The first-order valence-corrected chi connectivity index (χ1v) is 10.1. The van der Waals surface area contributed by atoms with Crippen LogP contribution in [0.1, 0.15) is 29.9 Å². The van der Waals surface area contributed by atoms with Gasteiger partial charge >= 0.3 is 0 Å². The number of carbonyl (C=O) groups excluding carboxylic acids is 1. The molecule has 3 heterocycles. The largest absolute Gasteiger partial charge is 0.337 e. The molecule has 0 aliphatic carbocycles. The first-order chi connectivity index (χ1) is 11.8.